The lowest BCUT2D eigenvalue weighted by atomic mass is 9.72. The number of aliphatic carboxylic acids is 1. The van der Waals surface area contributed by atoms with Gasteiger partial charge in [0.2, 0.25) is 0 Å². The molecule has 0 aromatic heterocycles. The minimum atomic E-state index is -0.934. The number of fused-ring (bicyclic) bond motifs is 1. The molecule has 0 unspecified atom stereocenters. The summed E-state index contributed by atoms with van der Waals surface area (Å²) in [6.07, 6.45) is 6.93. The van der Waals surface area contributed by atoms with E-state index in [-0.39, 0.29) is 5.75 Å². The van der Waals surface area contributed by atoms with Crippen LogP contribution in [0.25, 0.3) is 0 Å². The molecule has 0 spiro atoms. The van der Waals surface area contributed by atoms with E-state index in [9.17, 15) is 15.0 Å². The Hall–Kier alpha value is -1.22. The Kier molecular flexibility index (Phi) is 3.41. The highest BCUT2D eigenvalue weighted by Gasteiger charge is 2.47. The van der Waals surface area contributed by atoms with Crippen molar-refractivity contribution >= 4 is 17.6 Å². The lowest BCUT2D eigenvalue weighted by Crippen LogP contribution is -2.34. The molecule has 1 fully saturated rings. The van der Waals surface area contributed by atoms with Crippen LogP contribution in [0.2, 0.25) is 5.02 Å². The average Bonchev–Trinajstić information content (AvgIpc) is 2.90. The molecule has 0 saturated heterocycles. The molecule has 0 radical (unpaired) electrons. The summed E-state index contributed by atoms with van der Waals surface area (Å²) in [5, 5.41) is 20.5. The molecule has 2 N–H and O–H groups in total. The van der Waals surface area contributed by atoms with Crippen LogP contribution in [-0.2, 0) is 23.1 Å². The molecule has 3 rings (SSSR count). The minimum Gasteiger partial charge on any atom is -0.506 e. The van der Waals surface area contributed by atoms with Crippen molar-refractivity contribution in [3.8, 4) is 5.75 Å². The number of aryl methyl sites for hydroxylation is 1. The highest BCUT2D eigenvalue weighted by Crippen LogP contribution is 2.50. The minimum absolute atomic E-state index is 0.00313. The molecule has 0 bridgehead atoms. The van der Waals surface area contributed by atoms with E-state index < -0.39 is 11.4 Å². The number of carboxylic acids is 1. The van der Waals surface area contributed by atoms with E-state index in [1.54, 1.807) is 0 Å². The molecule has 1 saturated carbocycles. The first kappa shape index (κ1) is 13.7. The lowest BCUT2D eigenvalue weighted by molar-refractivity contribution is -0.143. The van der Waals surface area contributed by atoms with E-state index in [0.29, 0.717) is 23.4 Å². The second-order valence-corrected chi connectivity index (χ2v) is 6.43. The molecule has 3 nitrogen and oxygen atoms in total. The third-order valence-electron chi connectivity index (χ3n) is 4.92. The Bertz CT molecular complexity index is 559. The van der Waals surface area contributed by atoms with E-state index in [2.05, 4.69) is 0 Å². The topological polar surface area (TPSA) is 57.5 Å². The standard InChI is InChI=1S/C16H19ClO3/c17-12-9-10-5-1-2-6-11(10)13(14(12)18)16(15(19)20)7-3-4-8-16/h9,18H,1-8H2,(H,19,20). The van der Waals surface area contributed by atoms with E-state index >= 15 is 0 Å². The molecule has 4 heteroatoms. The van der Waals surface area contributed by atoms with Crippen molar-refractivity contribution in [1.29, 1.82) is 0 Å². The number of hydrogen-bond acceptors (Lipinski definition) is 2. The number of carboxylic acid groups (broad SMARTS) is 1. The summed E-state index contributed by atoms with van der Waals surface area (Å²) in [6.45, 7) is 0. The van der Waals surface area contributed by atoms with Crippen molar-refractivity contribution in [2.24, 2.45) is 0 Å². The molecule has 0 amide bonds. The van der Waals surface area contributed by atoms with Gasteiger partial charge in [0.25, 0.3) is 0 Å². The van der Waals surface area contributed by atoms with Crippen LogP contribution in [0.4, 0.5) is 0 Å². The fourth-order valence-electron chi connectivity index (χ4n) is 3.92. The first-order chi connectivity index (χ1) is 9.56. The molecule has 108 valence electrons. The fraction of sp³-hybridized carbons (Fsp3) is 0.562. The molecule has 1 aromatic carbocycles. The maximum absolute atomic E-state index is 11.9. The van der Waals surface area contributed by atoms with Gasteiger partial charge in [-0.25, -0.2) is 0 Å². The number of rotatable bonds is 2. The molecule has 2 aliphatic rings. The van der Waals surface area contributed by atoms with Crippen molar-refractivity contribution in [3.05, 3.63) is 27.8 Å². The van der Waals surface area contributed by atoms with Gasteiger partial charge in [0.15, 0.2) is 0 Å². The lowest BCUT2D eigenvalue weighted by Gasteiger charge is -2.31. The summed E-state index contributed by atoms with van der Waals surface area (Å²) in [5.74, 6) is -0.822. The third kappa shape index (κ3) is 1.91. The highest BCUT2D eigenvalue weighted by atomic mass is 35.5. The summed E-state index contributed by atoms with van der Waals surface area (Å²) in [7, 11) is 0. The molecule has 0 atom stereocenters. The van der Waals surface area contributed by atoms with Crippen molar-refractivity contribution in [2.75, 3.05) is 0 Å². The van der Waals surface area contributed by atoms with Gasteiger partial charge in [0, 0.05) is 5.56 Å². The van der Waals surface area contributed by atoms with Gasteiger partial charge in [0.05, 0.1) is 10.4 Å². The molecular weight excluding hydrogens is 276 g/mol. The molecule has 1 aromatic rings. The fourth-order valence-corrected chi connectivity index (χ4v) is 4.15. The highest BCUT2D eigenvalue weighted by molar-refractivity contribution is 6.32. The number of phenols is 1. The molecule has 2 aliphatic carbocycles. The Morgan fingerprint density at radius 2 is 1.80 bits per heavy atom. The van der Waals surface area contributed by atoms with Crippen LogP contribution in [0.3, 0.4) is 0 Å². The Labute approximate surface area is 123 Å². The molecule has 20 heavy (non-hydrogen) atoms. The van der Waals surface area contributed by atoms with Crippen molar-refractivity contribution < 1.29 is 15.0 Å². The van der Waals surface area contributed by atoms with Crippen LogP contribution in [0, 0.1) is 0 Å². The van der Waals surface area contributed by atoms with Crippen LogP contribution in [-0.4, -0.2) is 16.2 Å². The number of hydrogen-bond donors (Lipinski definition) is 2. The monoisotopic (exact) mass is 294 g/mol. The normalized spacial score (nSPS) is 20.6. The second-order valence-electron chi connectivity index (χ2n) is 6.02. The first-order valence-corrected chi connectivity index (χ1v) is 7.71. The van der Waals surface area contributed by atoms with Crippen LogP contribution in [0.15, 0.2) is 6.07 Å². The largest absolute Gasteiger partial charge is 0.506 e. The van der Waals surface area contributed by atoms with Crippen molar-refractivity contribution in [1.82, 2.24) is 0 Å². The Morgan fingerprint density at radius 1 is 1.15 bits per heavy atom. The van der Waals surface area contributed by atoms with Crippen LogP contribution in [0.1, 0.15) is 55.2 Å². The number of benzene rings is 1. The summed E-state index contributed by atoms with van der Waals surface area (Å²) in [5.41, 5.74) is 1.85. The SMILES string of the molecule is O=C(O)C1(c2c(O)c(Cl)cc3c2CCCC3)CCCC1. The Balaban J connectivity index is 2.26. The Morgan fingerprint density at radius 3 is 2.45 bits per heavy atom. The van der Waals surface area contributed by atoms with Gasteiger partial charge >= 0.3 is 5.97 Å². The summed E-state index contributed by atoms with van der Waals surface area (Å²) in [4.78, 5) is 11.9. The molecule has 0 aliphatic heterocycles. The zero-order valence-electron chi connectivity index (χ0n) is 11.4. The van der Waals surface area contributed by atoms with E-state index in [0.717, 1.165) is 49.7 Å². The van der Waals surface area contributed by atoms with Crippen LogP contribution >= 0.6 is 11.6 Å². The second kappa shape index (κ2) is 4.96. The van der Waals surface area contributed by atoms with Crippen molar-refractivity contribution in [3.63, 3.8) is 0 Å². The first-order valence-electron chi connectivity index (χ1n) is 7.33. The van der Waals surface area contributed by atoms with Gasteiger partial charge in [-0.15, -0.1) is 0 Å². The number of carbonyl (C=O) groups is 1. The van der Waals surface area contributed by atoms with Gasteiger partial charge in [-0.05, 0) is 55.7 Å². The number of halogens is 1. The van der Waals surface area contributed by atoms with Gasteiger partial charge in [-0.2, -0.15) is 0 Å². The van der Waals surface area contributed by atoms with Gasteiger partial charge < -0.3 is 10.2 Å². The average molecular weight is 295 g/mol. The predicted octanol–water partition coefficient (Wildman–Crippen LogP) is 3.82. The summed E-state index contributed by atoms with van der Waals surface area (Å²) >= 11 is 6.15. The molecule has 0 heterocycles. The summed E-state index contributed by atoms with van der Waals surface area (Å²) < 4.78 is 0. The van der Waals surface area contributed by atoms with Crippen molar-refractivity contribution in [2.45, 2.75) is 56.8 Å². The quantitative estimate of drug-likeness (QED) is 0.872. The van der Waals surface area contributed by atoms with Crippen LogP contribution < -0.4 is 0 Å². The number of phenolic OH excluding ortho intramolecular Hbond substituents is 1. The van der Waals surface area contributed by atoms with Crippen LogP contribution in [0.5, 0.6) is 5.75 Å². The van der Waals surface area contributed by atoms with Gasteiger partial charge in [-0.3, -0.25) is 4.79 Å². The van der Waals surface area contributed by atoms with E-state index in [1.807, 2.05) is 6.07 Å². The zero-order valence-corrected chi connectivity index (χ0v) is 12.2. The molecular formula is C16H19ClO3. The summed E-state index contributed by atoms with van der Waals surface area (Å²) in [6, 6.07) is 1.82. The third-order valence-corrected chi connectivity index (χ3v) is 5.21. The van der Waals surface area contributed by atoms with E-state index in [1.165, 1.54) is 0 Å². The smallest absolute Gasteiger partial charge is 0.314 e. The zero-order chi connectivity index (χ0) is 14.3. The maximum Gasteiger partial charge on any atom is 0.314 e. The van der Waals surface area contributed by atoms with E-state index in [4.69, 9.17) is 11.6 Å². The van der Waals surface area contributed by atoms with Gasteiger partial charge in [0.1, 0.15) is 5.75 Å². The van der Waals surface area contributed by atoms with Gasteiger partial charge in [-0.1, -0.05) is 24.4 Å². The maximum atomic E-state index is 11.9. The predicted molar refractivity (Wildman–Crippen MR) is 77.5 cm³/mol. The number of aromatic hydroxyl groups is 1.